The Morgan fingerprint density at radius 1 is 1.41 bits per heavy atom. The van der Waals surface area contributed by atoms with Crippen molar-refractivity contribution in [1.82, 2.24) is 9.62 Å². The summed E-state index contributed by atoms with van der Waals surface area (Å²) in [7, 11) is -3.00. The molecule has 0 radical (unpaired) electrons. The molecule has 1 rings (SSSR count). The molecule has 0 spiro atoms. The van der Waals surface area contributed by atoms with E-state index in [1.165, 1.54) is 0 Å². The maximum atomic E-state index is 12.0. The minimum Gasteiger partial charge on any atom is -0.314 e. The smallest absolute Gasteiger partial charge is 0.214 e. The van der Waals surface area contributed by atoms with Gasteiger partial charge in [0.05, 0.1) is 5.75 Å². The zero-order valence-corrected chi connectivity index (χ0v) is 12.1. The molecule has 1 atom stereocenters. The van der Waals surface area contributed by atoms with Gasteiger partial charge in [0.25, 0.3) is 0 Å². The molecule has 0 aromatic heterocycles. The maximum absolute atomic E-state index is 12.0. The number of piperidine rings is 1. The summed E-state index contributed by atoms with van der Waals surface area (Å²) in [5.41, 5.74) is 0. The van der Waals surface area contributed by atoms with Gasteiger partial charge in [-0.1, -0.05) is 20.8 Å². The Balaban J connectivity index is 2.48. The van der Waals surface area contributed by atoms with Crippen molar-refractivity contribution < 1.29 is 8.42 Å². The van der Waals surface area contributed by atoms with E-state index in [1.54, 1.807) is 4.31 Å². The number of sulfonamides is 1. The molecule has 1 heterocycles. The molecule has 17 heavy (non-hydrogen) atoms. The van der Waals surface area contributed by atoms with Gasteiger partial charge in [0.2, 0.25) is 10.0 Å². The average molecular weight is 262 g/mol. The number of rotatable bonds is 6. The highest BCUT2D eigenvalue weighted by Gasteiger charge is 2.27. The summed E-state index contributed by atoms with van der Waals surface area (Å²) >= 11 is 0. The molecule has 1 unspecified atom stereocenters. The normalized spacial score (nSPS) is 23.2. The summed E-state index contributed by atoms with van der Waals surface area (Å²) in [5.74, 6) is 0.759. The largest absolute Gasteiger partial charge is 0.314 e. The third kappa shape index (κ3) is 4.94. The fraction of sp³-hybridized carbons (Fsp3) is 1.00. The Kier molecular flexibility index (Phi) is 5.89. The van der Waals surface area contributed by atoms with Crippen molar-refractivity contribution in [1.29, 1.82) is 0 Å². The molecule has 1 N–H and O–H groups in total. The van der Waals surface area contributed by atoms with Crippen LogP contribution in [0.15, 0.2) is 0 Å². The molecule has 0 saturated carbocycles. The van der Waals surface area contributed by atoms with Crippen LogP contribution in [0.1, 0.15) is 40.0 Å². The Bertz CT molecular complexity index is 314. The number of nitrogens with zero attached hydrogens (tertiary/aromatic N) is 1. The van der Waals surface area contributed by atoms with E-state index in [0.717, 1.165) is 19.4 Å². The van der Waals surface area contributed by atoms with Gasteiger partial charge in [-0.25, -0.2) is 12.7 Å². The SMILES string of the molecule is CCCS(=O)(=O)N1CCCC(CNC(C)C)C1. The molecule has 0 amide bonds. The third-order valence-electron chi connectivity index (χ3n) is 3.15. The first-order chi connectivity index (χ1) is 7.95. The number of nitrogens with one attached hydrogen (secondary N) is 1. The van der Waals surface area contributed by atoms with Gasteiger partial charge < -0.3 is 5.32 Å². The van der Waals surface area contributed by atoms with Gasteiger partial charge in [-0.15, -0.1) is 0 Å². The standard InChI is InChI=1S/C12H26N2O2S/c1-4-8-17(15,16)14-7-5-6-12(10-14)9-13-11(2)3/h11-13H,4-10H2,1-3H3. The van der Waals surface area contributed by atoms with Crippen molar-refractivity contribution >= 4 is 10.0 Å². The predicted molar refractivity (Wildman–Crippen MR) is 71.5 cm³/mol. The van der Waals surface area contributed by atoms with Crippen LogP contribution < -0.4 is 5.32 Å². The molecule has 1 saturated heterocycles. The van der Waals surface area contributed by atoms with E-state index in [2.05, 4.69) is 19.2 Å². The fourth-order valence-electron chi connectivity index (χ4n) is 2.24. The molecule has 0 aromatic rings. The van der Waals surface area contributed by atoms with E-state index in [9.17, 15) is 8.42 Å². The van der Waals surface area contributed by atoms with E-state index in [4.69, 9.17) is 0 Å². The average Bonchev–Trinajstić information content (AvgIpc) is 2.27. The van der Waals surface area contributed by atoms with Crippen LogP contribution >= 0.6 is 0 Å². The van der Waals surface area contributed by atoms with Gasteiger partial charge in [-0.05, 0) is 31.7 Å². The van der Waals surface area contributed by atoms with Crippen LogP contribution in [0.3, 0.4) is 0 Å². The van der Waals surface area contributed by atoms with Crippen LogP contribution in [0.5, 0.6) is 0 Å². The molecule has 1 aliphatic heterocycles. The minimum absolute atomic E-state index is 0.289. The van der Waals surface area contributed by atoms with E-state index in [0.29, 0.717) is 31.5 Å². The second kappa shape index (κ2) is 6.71. The third-order valence-corrected chi connectivity index (χ3v) is 5.19. The van der Waals surface area contributed by atoms with Gasteiger partial charge in [0.1, 0.15) is 0 Å². The number of hydrogen-bond acceptors (Lipinski definition) is 3. The van der Waals surface area contributed by atoms with Crippen LogP contribution in [0, 0.1) is 5.92 Å². The highest BCUT2D eigenvalue weighted by molar-refractivity contribution is 7.89. The van der Waals surface area contributed by atoms with Crippen molar-refractivity contribution in [3.8, 4) is 0 Å². The Labute approximate surface area is 106 Å². The minimum atomic E-state index is -3.00. The van der Waals surface area contributed by atoms with E-state index >= 15 is 0 Å². The summed E-state index contributed by atoms with van der Waals surface area (Å²) in [6.07, 6.45) is 2.83. The van der Waals surface area contributed by atoms with Crippen molar-refractivity contribution in [2.24, 2.45) is 5.92 Å². The Morgan fingerprint density at radius 2 is 2.12 bits per heavy atom. The van der Waals surface area contributed by atoms with Crippen molar-refractivity contribution in [2.75, 3.05) is 25.4 Å². The van der Waals surface area contributed by atoms with Gasteiger partial charge in [-0.2, -0.15) is 0 Å². The zero-order chi connectivity index (χ0) is 12.9. The molecule has 0 bridgehead atoms. The molecule has 1 fully saturated rings. The van der Waals surface area contributed by atoms with Gasteiger partial charge in [0.15, 0.2) is 0 Å². The lowest BCUT2D eigenvalue weighted by Gasteiger charge is -2.32. The maximum Gasteiger partial charge on any atom is 0.214 e. The first-order valence-corrected chi connectivity index (χ1v) is 8.27. The summed E-state index contributed by atoms with van der Waals surface area (Å²) < 4.78 is 25.6. The van der Waals surface area contributed by atoms with Crippen molar-refractivity contribution in [2.45, 2.75) is 46.1 Å². The van der Waals surface area contributed by atoms with Crippen LogP contribution in [0.4, 0.5) is 0 Å². The van der Waals surface area contributed by atoms with E-state index in [1.807, 2.05) is 6.92 Å². The quantitative estimate of drug-likeness (QED) is 0.788. The lowest BCUT2D eigenvalue weighted by Crippen LogP contribution is -2.44. The second-order valence-corrected chi connectivity index (χ2v) is 7.33. The topological polar surface area (TPSA) is 49.4 Å². The lowest BCUT2D eigenvalue weighted by atomic mass is 9.99. The lowest BCUT2D eigenvalue weighted by molar-refractivity contribution is 0.256. The van der Waals surface area contributed by atoms with Crippen LogP contribution in [0.2, 0.25) is 0 Å². The molecule has 4 nitrogen and oxygen atoms in total. The van der Waals surface area contributed by atoms with Crippen LogP contribution in [-0.4, -0.2) is 44.2 Å². The van der Waals surface area contributed by atoms with E-state index in [-0.39, 0.29) is 5.75 Å². The highest BCUT2D eigenvalue weighted by Crippen LogP contribution is 2.19. The first kappa shape index (κ1) is 14.9. The molecule has 5 heteroatoms. The molecule has 1 aliphatic rings. The van der Waals surface area contributed by atoms with Crippen LogP contribution in [-0.2, 0) is 10.0 Å². The Hall–Kier alpha value is -0.130. The van der Waals surface area contributed by atoms with Crippen molar-refractivity contribution in [3.05, 3.63) is 0 Å². The molecule has 0 aromatic carbocycles. The number of hydrogen-bond donors (Lipinski definition) is 1. The Morgan fingerprint density at radius 3 is 2.71 bits per heavy atom. The summed E-state index contributed by atoms with van der Waals surface area (Å²) in [5, 5.41) is 3.40. The van der Waals surface area contributed by atoms with Crippen LogP contribution in [0.25, 0.3) is 0 Å². The molecular weight excluding hydrogens is 236 g/mol. The molecule has 0 aliphatic carbocycles. The summed E-state index contributed by atoms with van der Waals surface area (Å²) in [4.78, 5) is 0. The second-order valence-electron chi connectivity index (χ2n) is 5.25. The predicted octanol–water partition coefficient (Wildman–Crippen LogP) is 1.44. The first-order valence-electron chi connectivity index (χ1n) is 6.67. The fourth-order valence-corrected chi connectivity index (χ4v) is 3.85. The van der Waals surface area contributed by atoms with Crippen molar-refractivity contribution in [3.63, 3.8) is 0 Å². The van der Waals surface area contributed by atoms with Gasteiger partial charge >= 0.3 is 0 Å². The highest BCUT2D eigenvalue weighted by atomic mass is 32.2. The van der Waals surface area contributed by atoms with Gasteiger partial charge in [-0.3, -0.25) is 0 Å². The summed E-state index contributed by atoms with van der Waals surface area (Å²) in [6, 6.07) is 0.470. The summed E-state index contributed by atoms with van der Waals surface area (Å²) in [6.45, 7) is 8.49. The zero-order valence-electron chi connectivity index (χ0n) is 11.3. The monoisotopic (exact) mass is 262 g/mol. The molecule has 102 valence electrons. The van der Waals surface area contributed by atoms with Gasteiger partial charge in [0, 0.05) is 19.1 Å². The van der Waals surface area contributed by atoms with E-state index < -0.39 is 10.0 Å². The molecular formula is C12H26N2O2S.